The van der Waals surface area contributed by atoms with E-state index in [1.165, 1.54) is 0 Å². The Balaban J connectivity index is 2.52. The third kappa shape index (κ3) is 2.24. The summed E-state index contributed by atoms with van der Waals surface area (Å²) in [7, 11) is 3.95. The first-order valence-corrected chi connectivity index (χ1v) is 5.93. The summed E-state index contributed by atoms with van der Waals surface area (Å²) < 4.78 is 5.66. The third-order valence-corrected chi connectivity index (χ3v) is 2.84. The summed E-state index contributed by atoms with van der Waals surface area (Å²) >= 11 is 0. The average Bonchev–Trinajstić information content (AvgIpc) is 2.71. The van der Waals surface area contributed by atoms with Gasteiger partial charge in [0.2, 0.25) is 5.89 Å². The van der Waals surface area contributed by atoms with Gasteiger partial charge in [0.05, 0.1) is 11.7 Å². The first-order chi connectivity index (χ1) is 8.50. The molecule has 1 aromatic carbocycles. The maximum absolute atomic E-state index is 9.61. The standard InChI is InChI=1S/C14H18N2O2/c1-9(17)13-10(2)18-14(15-13)11-7-5-6-8-12(11)16(3)4/h5-9,17H,1-4H3. The number of aliphatic hydroxyl groups is 1. The summed E-state index contributed by atoms with van der Waals surface area (Å²) in [5.41, 5.74) is 2.56. The van der Waals surface area contributed by atoms with Crippen LogP contribution in [0, 0.1) is 6.92 Å². The lowest BCUT2D eigenvalue weighted by molar-refractivity contribution is 0.193. The summed E-state index contributed by atoms with van der Waals surface area (Å²) in [5.74, 6) is 1.21. The zero-order chi connectivity index (χ0) is 13.3. The molecular formula is C14H18N2O2. The van der Waals surface area contributed by atoms with Crippen LogP contribution in [0.15, 0.2) is 28.7 Å². The second kappa shape index (κ2) is 4.82. The van der Waals surface area contributed by atoms with E-state index in [1.807, 2.05) is 50.2 Å². The molecule has 0 amide bonds. The van der Waals surface area contributed by atoms with E-state index >= 15 is 0 Å². The Hall–Kier alpha value is -1.81. The van der Waals surface area contributed by atoms with Gasteiger partial charge >= 0.3 is 0 Å². The minimum atomic E-state index is -0.617. The summed E-state index contributed by atoms with van der Waals surface area (Å²) in [4.78, 5) is 6.39. The molecule has 18 heavy (non-hydrogen) atoms. The first-order valence-electron chi connectivity index (χ1n) is 5.93. The highest BCUT2D eigenvalue weighted by atomic mass is 16.4. The molecule has 0 aliphatic rings. The molecular weight excluding hydrogens is 228 g/mol. The topological polar surface area (TPSA) is 49.5 Å². The molecule has 0 bridgehead atoms. The highest BCUT2D eigenvalue weighted by molar-refractivity contribution is 5.73. The van der Waals surface area contributed by atoms with Gasteiger partial charge in [-0.2, -0.15) is 0 Å². The van der Waals surface area contributed by atoms with Crippen molar-refractivity contribution in [3.05, 3.63) is 35.7 Å². The summed E-state index contributed by atoms with van der Waals surface area (Å²) in [6, 6.07) is 7.90. The van der Waals surface area contributed by atoms with Crippen molar-refractivity contribution in [2.45, 2.75) is 20.0 Å². The van der Waals surface area contributed by atoms with Crippen molar-refractivity contribution < 1.29 is 9.52 Å². The molecule has 2 rings (SSSR count). The van der Waals surface area contributed by atoms with Gasteiger partial charge in [-0.15, -0.1) is 0 Å². The van der Waals surface area contributed by atoms with Gasteiger partial charge in [-0.3, -0.25) is 0 Å². The fraction of sp³-hybridized carbons (Fsp3) is 0.357. The average molecular weight is 246 g/mol. The lowest BCUT2D eigenvalue weighted by atomic mass is 10.1. The second-order valence-corrected chi connectivity index (χ2v) is 4.55. The quantitative estimate of drug-likeness (QED) is 0.904. The van der Waals surface area contributed by atoms with Gasteiger partial charge in [-0.25, -0.2) is 4.98 Å². The molecule has 0 saturated carbocycles. The van der Waals surface area contributed by atoms with Crippen LogP contribution >= 0.6 is 0 Å². The Morgan fingerprint density at radius 3 is 2.50 bits per heavy atom. The van der Waals surface area contributed by atoms with Crippen LogP contribution < -0.4 is 4.90 Å². The highest BCUT2D eigenvalue weighted by Crippen LogP contribution is 2.31. The first kappa shape index (κ1) is 12.6. The molecule has 1 atom stereocenters. The second-order valence-electron chi connectivity index (χ2n) is 4.55. The van der Waals surface area contributed by atoms with Crippen LogP contribution in [0.2, 0.25) is 0 Å². The Labute approximate surface area is 107 Å². The van der Waals surface area contributed by atoms with Gasteiger partial charge in [-0.1, -0.05) is 12.1 Å². The van der Waals surface area contributed by atoms with Gasteiger partial charge in [0.25, 0.3) is 0 Å². The molecule has 0 saturated heterocycles. The van der Waals surface area contributed by atoms with E-state index in [1.54, 1.807) is 6.92 Å². The normalized spacial score (nSPS) is 12.5. The number of aryl methyl sites for hydroxylation is 1. The zero-order valence-electron chi connectivity index (χ0n) is 11.1. The predicted molar refractivity (Wildman–Crippen MR) is 71.6 cm³/mol. The van der Waals surface area contributed by atoms with Crippen LogP contribution in [0.5, 0.6) is 0 Å². The van der Waals surface area contributed by atoms with Crippen molar-refractivity contribution in [3.63, 3.8) is 0 Å². The molecule has 1 N–H and O–H groups in total. The number of hydrogen-bond donors (Lipinski definition) is 1. The van der Waals surface area contributed by atoms with E-state index in [0.29, 0.717) is 17.3 Å². The number of para-hydroxylation sites is 1. The fourth-order valence-electron chi connectivity index (χ4n) is 1.96. The third-order valence-electron chi connectivity index (χ3n) is 2.84. The van der Waals surface area contributed by atoms with Crippen LogP contribution in [-0.2, 0) is 0 Å². The lowest BCUT2D eigenvalue weighted by Gasteiger charge is -2.15. The van der Waals surface area contributed by atoms with Gasteiger partial charge in [0, 0.05) is 19.8 Å². The maximum Gasteiger partial charge on any atom is 0.228 e. The van der Waals surface area contributed by atoms with E-state index in [2.05, 4.69) is 4.98 Å². The number of aromatic nitrogens is 1. The number of aliphatic hydroxyl groups excluding tert-OH is 1. The van der Waals surface area contributed by atoms with Crippen LogP contribution in [0.3, 0.4) is 0 Å². The Morgan fingerprint density at radius 1 is 1.28 bits per heavy atom. The zero-order valence-corrected chi connectivity index (χ0v) is 11.1. The number of oxazole rings is 1. The van der Waals surface area contributed by atoms with Gasteiger partial charge in [0.1, 0.15) is 11.5 Å². The van der Waals surface area contributed by atoms with Crippen molar-refractivity contribution >= 4 is 5.69 Å². The number of rotatable bonds is 3. The molecule has 0 aliphatic heterocycles. The molecule has 4 nitrogen and oxygen atoms in total. The molecule has 0 spiro atoms. The van der Waals surface area contributed by atoms with Crippen molar-refractivity contribution in [1.29, 1.82) is 0 Å². The van der Waals surface area contributed by atoms with Crippen LogP contribution in [-0.4, -0.2) is 24.2 Å². The fourth-order valence-corrected chi connectivity index (χ4v) is 1.96. The Morgan fingerprint density at radius 2 is 1.94 bits per heavy atom. The molecule has 4 heteroatoms. The predicted octanol–water partition coefficient (Wildman–Crippen LogP) is 2.77. The van der Waals surface area contributed by atoms with E-state index in [9.17, 15) is 5.11 Å². The minimum absolute atomic E-state index is 0.549. The molecule has 0 fully saturated rings. The van der Waals surface area contributed by atoms with Crippen LogP contribution in [0.1, 0.15) is 24.5 Å². The summed E-state index contributed by atoms with van der Waals surface area (Å²) in [6.45, 7) is 3.50. The van der Waals surface area contributed by atoms with Crippen LogP contribution in [0.4, 0.5) is 5.69 Å². The Bertz CT molecular complexity index is 544. The van der Waals surface area contributed by atoms with Crippen molar-refractivity contribution in [3.8, 4) is 11.5 Å². The molecule has 1 aromatic heterocycles. The van der Waals surface area contributed by atoms with Crippen molar-refractivity contribution in [2.24, 2.45) is 0 Å². The van der Waals surface area contributed by atoms with Crippen molar-refractivity contribution in [1.82, 2.24) is 4.98 Å². The van der Waals surface area contributed by atoms with E-state index in [0.717, 1.165) is 11.3 Å². The molecule has 1 unspecified atom stereocenters. The van der Waals surface area contributed by atoms with Crippen molar-refractivity contribution in [2.75, 3.05) is 19.0 Å². The van der Waals surface area contributed by atoms with Gasteiger partial charge in [0.15, 0.2) is 0 Å². The van der Waals surface area contributed by atoms with Gasteiger partial charge in [-0.05, 0) is 26.0 Å². The van der Waals surface area contributed by atoms with E-state index in [-0.39, 0.29) is 0 Å². The number of hydrogen-bond acceptors (Lipinski definition) is 4. The SMILES string of the molecule is Cc1oc(-c2ccccc2N(C)C)nc1C(C)O. The minimum Gasteiger partial charge on any atom is -0.441 e. The molecule has 0 radical (unpaired) electrons. The highest BCUT2D eigenvalue weighted by Gasteiger charge is 2.17. The lowest BCUT2D eigenvalue weighted by Crippen LogP contribution is -2.09. The summed E-state index contributed by atoms with van der Waals surface area (Å²) in [5, 5.41) is 9.61. The number of nitrogens with zero attached hydrogens (tertiary/aromatic N) is 2. The Kier molecular flexibility index (Phi) is 3.39. The maximum atomic E-state index is 9.61. The number of benzene rings is 1. The smallest absolute Gasteiger partial charge is 0.228 e. The largest absolute Gasteiger partial charge is 0.441 e. The molecule has 2 aromatic rings. The monoisotopic (exact) mass is 246 g/mol. The molecule has 96 valence electrons. The molecule has 1 heterocycles. The van der Waals surface area contributed by atoms with E-state index < -0.39 is 6.10 Å². The van der Waals surface area contributed by atoms with Crippen LogP contribution in [0.25, 0.3) is 11.5 Å². The number of anilines is 1. The summed E-state index contributed by atoms with van der Waals surface area (Å²) in [6.07, 6.45) is -0.617. The van der Waals surface area contributed by atoms with Gasteiger partial charge < -0.3 is 14.4 Å². The molecule has 0 aliphatic carbocycles. The van der Waals surface area contributed by atoms with E-state index in [4.69, 9.17) is 4.42 Å².